The van der Waals surface area contributed by atoms with Crippen LogP contribution in [-0.2, 0) is 19.2 Å². The van der Waals surface area contributed by atoms with Gasteiger partial charge < -0.3 is 15.4 Å². The number of hydrogen-bond donors (Lipinski definition) is 2. The molecule has 0 bridgehead atoms. The molecule has 0 aromatic heterocycles. The van der Waals surface area contributed by atoms with Gasteiger partial charge in [0, 0.05) is 35.7 Å². The first-order valence-electron chi connectivity index (χ1n) is 9.97. The van der Waals surface area contributed by atoms with Crippen molar-refractivity contribution in [2.75, 3.05) is 29.1 Å². The molecular weight excluding hydrogens is 402 g/mol. The largest absolute Gasteiger partial charge is 0.376 e. The van der Waals surface area contributed by atoms with Crippen LogP contribution in [0.1, 0.15) is 28.8 Å². The summed E-state index contributed by atoms with van der Waals surface area (Å²) >= 11 is 1.32. The van der Waals surface area contributed by atoms with Gasteiger partial charge >= 0.3 is 0 Å². The van der Waals surface area contributed by atoms with Crippen molar-refractivity contribution in [2.24, 2.45) is 0 Å². The van der Waals surface area contributed by atoms with E-state index in [1.165, 1.54) is 11.8 Å². The average molecular weight is 423 g/mol. The Balaban J connectivity index is 1.40. The van der Waals surface area contributed by atoms with Crippen LogP contribution in [0, 0.1) is 0 Å². The number of fused-ring (bicyclic) bond motifs is 2. The maximum atomic E-state index is 13.0. The minimum Gasteiger partial charge on any atom is -0.376 e. The zero-order chi connectivity index (χ0) is 20.7. The third kappa shape index (κ3) is 2.98. The van der Waals surface area contributed by atoms with Crippen molar-refractivity contribution in [3.8, 4) is 0 Å². The van der Waals surface area contributed by atoms with Gasteiger partial charge in [0.15, 0.2) is 0 Å². The first kappa shape index (κ1) is 19.1. The molecule has 3 aliphatic heterocycles. The fourth-order valence-electron chi connectivity index (χ4n) is 4.25. The number of amides is 3. The third-order valence-corrected chi connectivity index (χ3v) is 7.12. The standard InChI is InChI=1S/C22H21N3O4S/c26-19-13-30-22(17-5-1-2-6-18(17)24-21(22)28)25(19)15-9-7-14(8-10-15)20(27)23-12-16-4-3-11-29-16/h1-2,5-10,16H,3-4,11-13H2,(H,23,27)(H,24,28)/t16-,22-/m0/s1. The van der Waals surface area contributed by atoms with Gasteiger partial charge in [0.1, 0.15) is 0 Å². The number of para-hydroxylation sites is 1. The van der Waals surface area contributed by atoms with E-state index in [0.29, 0.717) is 17.8 Å². The van der Waals surface area contributed by atoms with E-state index in [2.05, 4.69) is 10.6 Å². The highest BCUT2D eigenvalue weighted by Crippen LogP contribution is 2.53. The zero-order valence-electron chi connectivity index (χ0n) is 16.2. The molecule has 5 rings (SSSR count). The molecule has 0 saturated carbocycles. The lowest BCUT2D eigenvalue weighted by Gasteiger charge is -2.32. The fraction of sp³-hybridized carbons (Fsp3) is 0.318. The van der Waals surface area contributed by atoms with Crippen LogP contribution >= 0.6 is 11.8 Å². The smallest absolute Gasteiger partial charge is 0.266 e. The van der Waals surface area contributed by atoms with Crippen LogP contribution < -0.4 is 15.5 Å². The van der Waals surface area contributed by atoms with Gasteiger partial charge in [-0.25, -0.2) is 0 Å². The Kier molecular flexibility index (Phi) is 4.75. The van der Waals surface area contributed by atoms with Crippen molar-refractivity contribution in [3.05, 3.63) is 59.7 Å². The summed E-state index contributed by atoms with van der Waals surface area (Å²) in [4.78, 5) is 38.6. The van der Waals surface area contributed by atoms with Crippen molar-refractivity contribution < 1.29 is 19.1 Å². The van der Waals surface area contributed by atoms with Gasteiger partial charge in [-0.05, 0) is 43.2 Å². The van der Waals surface area contributed by atoms with Gasteiger partial charge in [0.25, 0.3) is 11.8 Å². The average Bonchev–Trinajstić information content (AvgIpc) is 3.47. The maximum absolute atomic E-state index is 13.0. The number of carbonyl (C=O) groups is 3. The van der Waals surface area contributed by atoms with E-state index >= 15 is 0 Å². The Morgan fingerprint density at radius 2 is 2.00 bits per heavy atom. The van der Waals surface area contributed by atoms with Crippen LogP contribution in [-0.4, -0.2) is 42.7 Å². The van der Waals surface area contributed by atoms with Crippen molar-refractivity contribution in [1.82, 2.24) is 5.32 Å². The normalized spacial score (nSPS) is 24.9. The third-order valence-electron chi connectivity index (χ3n) is 5.72. The summed E-state index contributed by atoms with van der Waals surface area (Å²) in [7, 11) is 0. The predicted octanol–water partition coefficient (Wildman–Crippen LogP) is 2.48. The number of benzene rings is 2. The molecule has 154 valence electrons. The number of thioether (sulfide) groups is 1. The topological polar surface area (TPSA) is 87.7 Å². The lowest BCUT2D eigenvalue weighted by atomic mass is 10.0. The van der Waals surface area contributed by atoms with Crippen LogP contribution in [0.15, 0.2) is 48.5 Å². The molecule has 0 aliphatic carbocycles. The number of nitrogens with zero attached hydrogens (tertiary/aromatic N) is 1. The minimum absolute atomic E-state index is 0.0771. The number of carbonyl (C=O) groups excluding carboxylic acids is 3. The summed E-state index contributed by atoms with van der Waals surface area (Å²) in [6, 6.07) is 14.2. The molecule has 0 radical (unpaired) electrons. The molecule has 1 spiro atoms. The molecule has 0 unspecified atom stereocenters. The summed E-state index contributed by atoms with van der Waals surface area (Å²) < 4.78 is 5.53. The molecule has 7 nitrogen and oxygen atoms in total. The van der Waals surface area contributed by atoms with E-state index in [0.717, 1.165) is 30.7 Å². The van der Waals surface area contributed by atoms with E-state index in [1.807, 2.05) is 24.3 Å². The van der Waals surface area contributed by atoms with Crippen LogP contribution in [0.3, 0.4) is 0 Å². The number of hydrogen-bond acceptors (Lipinski definition) is 5. The van der Waals surface area contributed by atoms with E-state index in [1.54, 1.807) is 29.2 Å². The Hall–Kier alpha value is -2.84. The summed E-state index contributed by atoms with van der Waals surface area (Å²) in [5, 5.41) is 5.79. The first-order chi connectivity index (χ1) is 14.6. The van der Waals surface area contributed by atoms with Crippen molar-refractivity contribution >= 4 is 40.9 Å². The first-order valence-corrected chi connectivity index (χ1v) is 11.0. The van der Waals surface area contributed by atoms with Crippen molar-refractivity contribution in [2.45, 2.75) is 23.8 Å². The Labute approximate surface area is 178 Å². The van der Waals surface area contributed by atoms with Crippen LogP contribution in [0.4, 0.5) is 11.4 Å². The molecule has 2 aromatic carbocycles. The van der Waals surface area contributed by atoms with Crippen LogP contribution in [0.2, 0.25) is 0 Å². The molecule has 2 saturated heterocycles. The lowest BCUT2D eigenvalue weighted by Crippen LogP contribution is -2.47. The Morgan fingerprint density at radius 3 is 2.77 bits per heavy atom. The van der Waals surface area contributed by atoms with Gasteiger partial charge in [0.05, 0.1) is 11.9 Å². The lowest BCUT2D eigenvalue weighted by molar-refractivity contribution is -0.122. The summed E-state index contributed by atoms with van der Waals surface area (Å²) in [5.41, 5.74) is 2.60. The molecule has 3 heterocycles. The minimum atomic E-state index is -1.11. The van der Waals surface area contributed by atoms with E-state index in [9.17, 15) is 14.4 Å². The monoisotopic (exact) mass is 423 g/mol. The molecule has 2 N–H and O–H groups in total. The van der Waals surface area contributed by atoms with Crippen molar-refractivity contribution in [1.29, 1.82) is 0 Å². The van der Waals surface area contributed by atoms with Gasteiger partial charge in [-0.3, -0.25) is 19.3 Å². The highest BCUT2D eigenvalue weighted by molar-refractivity contribution is 8.02. The molecule has 2 aromatic rings. The van der Waals surface area contributed by atoms with E-state index in [4.69, 9.17) is 4.74 Å². The van der Waals surface area contributed by atoms with Gasteiger partial charge in [-0.2, -0.15) is 0 Å². The highest BCUT2D eigenvalue weighted by Gasteiger charge is 2.58. The molecule has 3 amide bonds. The number of rotatable bonds is 4. The van der Waals surface area contributed by atoms with Gasteiger partial charge in [-0.15, -0.1) is 11.8 Å². The fourth-order valence-corrected chi connectivity index (χ4v) is 5.57. The Bertz CT molecular complexity index is 1020. The number of ether oxygens (including phenoxy) is 1. The van der Waals surface area contributed by atoms with Crippen LogP contribution in [0.5, 0.6) is 0 Å². The maximum Gasteiger partial charge on any atom is 0.266 e. The molecular formula is C22H21N3O4S. The van der Waals surface area contributed by atoms with Crippen LogP contribution in [0.25, 0.3) is 0 Å². The van der Waals surface area contributed by atoms with E-state index in [-0.39, 0.29) is 29.6 Å². The molecule has 8 heteroatoms. The summed E-state index contributed by atoms with van der Waals surface area (Å²) in [6.07, 6.45) is 2.06. The van der Waals surface area contributed by atoms with E-state index < -0.39 is 4.87 Å². The summed E-state index contributed by atoms with van der Waals surface area (Å²) in [6.45, 7) is 1.23. The quantitative estimate of drug-likeness (QED) is 0.789. The Morgan fingerprint density at radius 1 is 1.20 bits per heavy atom. The van der Waals surface area contributed by atoms with Crippen molar-refractivity contribution in [3.63, 3.8) is 0 Å². The molecule has 2 fully saturated rings. The highest BCUT2D eigenvalue weighted by atomic mass is 32.2. The molecule has 30 heavy (non-hydrogen) atoms. The second kappa shape index (κ2) is 7.45. The van der Waals surface area contributed by atoms with Gasteiger partial charge in [0.2, 0.25) is 10.8 Å². The summed E-state index contributed by atoms with van der Waals surface area (Å²) in [5.74, 6) is -0.330. The SMILES string of the molecule is O=C(NC[C@@H]1CCCO1)c1ccc(N2C(=O)CS[C@@]23C(=O)Nc2ccccc23)cc1. The molecule has 2 atom stereocenters. The number of nitrogens with one attached hydrogen (secondary N) is 2. The second-order valence-corrected chi connectivity index (χ2v) is 8.72. The molecule has 3 aliphatic rings. The zero-order valence-corrected chi connectivity index (χ0v) is 17.0. The second-order valence-electron chi connectivity index (χ2n) is 7.55. The number of anilines is 2. The van der Waals surface area contributed by atoms with Gasteiger partial charge in [-0.1, -0.05) is 18.2 Å². The predicted molar refractivity (Wildman–Crippen MR) is 114 cm³/mol.